The molecule has 1 aliphatic carbocycles. The van der Waals surface area contributed by atoms with Crippen LogP contribution in [-0.4, -0.2) is 22.6 Å². The maximum Gasteiger partial charge on any atom is 0.268 e. The van der Waals surface area contributed by atoms with Gasteiger partial charge in [0.1, 0.15) is 17.5 Å². The molecule has 1 unspecified atom stereocenters. The zero-order valence-corrected chi connectivity index (χ0v) is 12.6. The number of benzene rings is 1. The summed E-state index contributed by atoms with van der Waals surface area (Å²) in [6, 6.07) is 5.97. The van der Waals surface area contributed by atoms with Gasteiger partial charge in [-0.3, -0.25) is 4.79 Å². The van der Waals surface area contributed by atoms with Gasteiger partial charge in [-0.05, 0) is 37.5 Å². The molecule has 2 aromatic rings. The third kappa shape index (κ3) is 2.09. The first kappa shape index (κ1) is 13.0. The van der Waals surface area contributed by atoms with E-state index >= 15 is 0 Å². The molecule has 110 valence electrons. The first-order chi connectivity index (χ1) is 10.2. The van der Waals surface area contributed by atoms with Crippen LogP contribution >= 0.6 is 11.6 Å². The maximum atomic E-state index is 12.5. The summed E-state index contributed by atoms with van der Waals surface area (Å²) >= 11 is 6.29. The van der Waals surface area contributed by atoms with Crippen LogP contribution in [0.4, 0.5) is 0 Å². The highest BCUT2D eigenvalue weighted by Gasteiger charge is 2.29. The van der Waals surface area contributed by atoms with E-state index in [4.69, 9.17) is 16.3 Å². The van der Waals surface area contributed by atoms with Crippen molar-refractivity contribution >= 4 is 28.4 Å². The zero-order chi connectivity index (χ0) is 14.6. The van der Waals surface area contributed by atoms with E-state index in [2.05, 4.69) is 16.8 Å². The van der Waals surface area contributed by atoms with Gasteiger partial charge in [-0.1, -0.05) is 18.5 Å². The van der Waals surface area contributed by atoms with Crippen LogP contribution in [0.25, 0.3) is 10.9 Å². The second-order valence-electron chi connectivity index (χ2n) is 5.84. The van der Waals surface area contributed by atoms with Gasteiger partial charge in [-0.2, -0.15) is 0 Å². The third-order valence-electron chi connectivity index (χ3n) is 4.25. The van der Waals surface area contributed by atoms with E-state index in [1.165, 1.54) is 0 Å². The predicted octanol–water partition coefficient (Wildman–Crippen LogP) is 3.36. The molecule has 1 fully saturated rings. The fourth-order valence-electron chi connectivity index (χ4n) is 2.91. The van der Waals surface area contributed by atoms with Crippen molar-refractivity contribution in [3.63, 3.8) is 0 Å². The Bertz CT molecular complexity index is 733. The molecule has 1 N–H and O–H groups in total. The molecule has 0 spiro atoms. The van der Waals surface area contributed by atoms with Gasteiger partial charge in [0.05, 0.1) is 17.1 Å². The van der Waals surface area contributed by atoms with Crippen LogP contribution in [0.3, 0.4) is 0 Å². The number of nitrogens with zero attached hydrogens (tertiary/aromatic N) is 1. The monoisotopic (exact) mass is 304 g/mol. The molecule has 1 aromatic heterocycles. The van der Waals surface area contributed by atoms with Gasteiger partial charge in [-0.25, -0.2) is 0 Å². The number of carbonyl (C=O) groups excluding carboxylic acids is 1. The van der Waals surface area contributed by atoms with Crippen molar-refractivity contribution < 1.29 is 9.53 Å². The largest absolute Gasteiger partial charge is 0.486 e. The van der Waals surface area contributed by atoms with Crippen LogP contribution in [0.5, 0.6) is 5.75 Å². The van der Waals surface area contributed by atoms with Crippen molar-refractivity contribution in [2.24, 2.45) is 0 Å². The van der Waals surface area contributed by atoms with Gasteiger partial charge in [-0.15, -0.1) is 0 Å². The van der Waals surface area contributed by atoms with Gasteiger partial charge in [0.15, 0.2) is 0 Å². The summed E-state index contributed by atoms with van der Waals surface area (Å²) in [6.07, 6.45) is 3.17. The van der Waals surface area contributed by atoms with Crippen molar-refractivity contribution in [1.29, 1.82) is 0 Å². The smallest absolute Gasteiger partial charge is 0.268 e. The van der Waals surface area contributed by atoms with Gasteiger partial charge >= 0.3 is 0 Å². The van der Waals surface area contributed by atoms with E-state index in [0.717, 1.165) is 35.9 Å². The molecule has 4 nitrogen and oxygen atoms in total. The molecule has 5 heteroatoms. The highest BCUT2D eigenvalue weighted by Crippen LogP contribution is 2.38. The third-order valence-corrected chi connectivity index (χ3v) is 4.58. The number of amides is 1. The number of halogens is 1. The van der Waals surface area contributed by atoms with Crippen LogP contribution in [0.15, 0.2) is 18.2 Å². The lowest BCUT2D eigenvalue weighted by atomic mass is 10.2. The molecule has 0 bridgehead atoms. The molecule has 1 aliphatic heterocycles. The quantitative estimate of drug-likeness (QED) is 0.945. The number of nitrogens with one attached hydrogen (secondary N) is 1. The molecule has 4 rings (SSSR count). The van der Waals surface area contributed by atoms with E-state index in [0.29, 0.717) is 23.3 Å². The average Bonchev–Trinajstić information content (AvgIpc) is 3.21. The Morgan fingerprint density at radius 1 is 1.48 bits per heavy atom. The van der Waals surface area contributed by atoms with Crippen molar-refractivity contribution in [3.05, 3.63) is 28.9 Å². The second-order valence-corrected chi connectivity index (χ2v) is 6.25. The highest BCUT2D eigenvalue weighted by atomic mass is 35.5. The normalized spacial score (nSPS) is 20.4. The van der Waals surface area contributed by atoms with Crippen LogP contribution in [0.1, 0.15) is 36.7 Å². The number of ether oxygens (including phenoxy) is 1. The number of hydrogen-bond acceptors (Lipinski definition) is 2. The fourth-order valence-corrected chi connectivity index (χ4v) is 3.11. The number of aromatic nitrogens is 1. The summed E-state index contributed by atoms with van der Waals surface area (Å²) in [7, 11) is 0. The molecule has 1 atom stereocenters. The lowest BCUT2D eigenvalue weighted by Gasteiger charge is -2.26. The second kappa shape index (κ2) is 4.67. The van der Waals surface area contributed by atoms with Gasteiger partial charge < -0.3 is 14.6 Å². The van der Waals surface area contributed by atoms with E-state index in [9.17, 15) is 4.79 Å². The molecule has 21 heavy (non-hydrogen) atoms. The minimum absolute atomic E-state index is 0.00697. The van der Waals surface area contributed by atoms with Crippen molar-refractivity contribution in [2.45, 2.75) is 44.9 Å². The Kier molecular flexibility index (Phi) is 2.89. The Morgan fingerprint density at radius 3 is 3.00 bits per heavy atom. The fraction of sp³-hybridized carbons (Fsp3) is 0.438. The Balaban J connectivity index is 1.86. The predicted molar refractivity (Wildman–Crippen MR) is 82.1 cm³/mol. The molecule has 1 saturated carbocycles. The van der Waals surface area contributed by atoms with Crippen LogP contribution in [0, 0.1) is 0 Å². The minimum atomic E-state index is -0.00697. The van der Waals surface area contributed by atoms with Gasteiger partial charge in [0.2, 0.25) is 0 Å². The Labute approximate surface area is 128 Å². The lowest BCUT2D eigenvalue weighted by Crippen LogP contribution is -2.32. The standard InChI is InChI=1S/C16H17ClN2O2/c1-2-10-8-19-13(16(20)18-9-3-4-9)7-11-12(17)5-6-14(21-10)15(11)19/h5-7,9-10H,2-4,8H2,1H3,(H,18,20). The Hall–Kier alpha value is -1.68. The lowest BCUT2D eigenvalue weighted by molar-refractivity contribution is 0.0935. The molecule has 1 aromatic carbocycles. The van der Waals surface area contributed by atoms with E-state index < -0.39 is 0 Å². The first-order valence-electron chi connectivity index (χ1n) is 7.46. The Morgan fingerprint density at radius 2 is 2.29 bits per heavy atom. The molecular formula is C16H17ClN2O2. The van der Waals surface area contributed by atoms with Crippen LogP contribution < -0.4 is 10.1 Å². The molecule has 1 amide bonds. The number of rotatable bonds is 3. The van der Waals surface area contributed by atoms with E-state index in [1.54, 1.807) is 0 Å². The zero-order valence-electron chi connectivity index (χ0n) is 11.9. The topological polar surface area (TPSA) is 43.3 Å². The molecule has 2 aliphatic rings. The molecule has 2 heterocycles. The summed E-state index contributed by atoms with van der Waals surface area (Å²) in [5.41, 5.74) is 1.63. The minimum Gasteiger partial charge on any atom is -0.486 e. The summed E-state index contributed by atoms with van der Waals surface area (Å²) in [5, 5.41) is 4.61. The number of hydrogen-bond donors (Lipinski definition) is 1. The maximum absolute atomic E-state index is 12.5. The molecular weight excluding hydrogens is 288 g/mol. The SMILES string of the molecule is CCC1Cn2c(C(=O)NC3CC3)cc3c(Cl)ccc(c32)O1. The molecule has 0 radical (unpaired) electrons. The summed E-state index contributed by atoms with van der Waals surface area (Å²) in [5.74, 6) is 0.811. The summed E-state index contributed by atoms with van der Waals surface area (Å²) in [6.45, 7) is 2.79. The van der Waals surface area contributed by atoms with Crippen molar-refractivity contribution in [2.75, 3.05) is 0 Å². The van der Waals surface area contributed by atoms with Gasteiger partial charge in [0, 0.05) is 11.4 Å². The van der Waals surface area contributed by atoms with Crippen LogP contribution in [-0.2, 0) is 6.54 Å². The van der Waals surface area contributed by atoms with Gasteiger partial charge in [0.25, 0.3) is 5.91 Å². The number of carbonyl (C=O) groups is 1. The summed E-state index contributed by atoms with van der Waals surface area (Å²) in [4.78, 5) is 12.5. The first-order valence-corrected chi connectivity index (χ1v) is 7.84. The average molecular weight is 305 g/mol. The van der Waals surface area contributed by atoms with Crippen molar-refractivity contribution in [3.8, 4) is 5.75 Å². The highest BCUT2D eigenvalue weighted by molar-refractivity contribution is 6.36. The van der Waals surface area contributed by atoms with E-state index in [-0.39, 0.29) is 12.0 Å². The van der Waals surface area contributed by atoms with Crippen LogP contribution in [0.2, 0.25) is 5.02 Å². The van der Waals surface area contributed by atoms with Crippen molar-refractivity contribution in [1.82, 2.24) is 9.88 Å². The molecule has 0 saturated heterocycles. The summed E-state index contributed by atoms with van der Waals surface area (Å²) < 4.78 is 8.04. The van der Waals surface area contributed by atoms with E-state index in [1.807, 2.05) is 18.2 Å².